The Bertz CT molecular complexity index is 489. The number of carboxylic acids is 1. The molecule has 0 amide bonds. The summed E-state index contributed by atoms with van der Waals surface area (Å²) in [5.41, 5.74) is -1.52. The first-order valence-electron chi connectivity index (χ1n) is 5.87. The SMILES string of the molecule is CC(O)CC(C)Nc1nc(C(F)(F)F)ccc1C(=O)O. The highest BCUT2D eigenvalue weighted by Crippen LogP contribution is 2.29. The van der Waals surface area contributed by atoms with Gasteiger partial charge in [0.2, 0.25) is 0 Å². The van der Waals surface area contributed by atoms with Crippen LogP contribution in [0.4, 0.5) is 19.0 Å². The van der Waals surface area contributed by atoms with Gasteiger partial charge in [0.25, 0.3) is 0 Å². The maximum Gasteiger partial charge on any atom is 0.433 e. The van der Waals surface area contributed by atoms with Gasteiger partial charge in [0, 0.05) is 6.04 Å². The Morgan fingerprint density at radius 1 is 1.40 bits per heavy atom. The van der Waals surface area contributed by atoms with Gasteiger partial charge in [-0.15, -0.1) is 0 Å². The number of anilines is 1. The van der Waals surface area contributed by atoms with E-state index in [0.717, 1.165) is 6.07 Å². The van der Waals surface area contributed by atoms with Crippen LogP contribution in [0.5, 0.6) is 0 Å². The van der Waals surface area contributed by atoms with E-state index in [1.54, 1.807) is 6.92 Å². The zero-order valence-electron chi connectivity index (χ0n) is 10.9. The molecule has 2 unspecified atom stereocenters. The second kappa shape index (κ2) is 6.08. The Balaban J connectivity index is 3.09. The molecule has 1 aromatic rings. The summed E-state index contributed by atoms with van der Waals surface area (Å²) in [4.78, 5) is 14.3. The minimum absolute atomic E-state index is 0.247. The summed E-state index contributed by atoms with van der Waals surface area (Å²) in [6.45, 7) is 3.14. The molecule has 0 radical (unpaired) electrons. The van der Waals surface area contributed by atoms with E-state index in [-0.39, 0.29) is 17.8 Å². The van der Waals surface area contributed by atoms with Crippen molar-refractivity contribution in [2.75, 3.05) is 5.32 Å². The molecule has 2 atom stereocenters. The van der Waals surface area contributed by atoms with Crippen LogP contribution in [0.2, 0.25) is 0 Å². The van der Waals surface area contributed by atoms with Crippen LogP contribution in [0.15, 0.2) is 12.1 Å². The molecule has 1 aromatic heterocycles. The molecule has 5 nitrogen and oxygen atoms in total. The number of hydrogen-bond donors (Lipinski definition) is 3. The summed E-state index contributed by atoms with van der Waals surface area (Å²) in [5.74, 6) is -1.74. The molecule has 112 valence electrons. The van der Waals surface area contributed by atoms with Gasteiger partial charge in [0.05, 0.1) is 6.10 Å². The number of pyridine rings is 1. The summed E-state index contributed by atoms with van der Waals surface area (Å²) in [5, 5.41) is 20.7. The highest BCUT2D eigenvalue weighted by atomic mass is 19.4. The summed E-state index contributed by atoms with van der Waals surface area (Å²) < 4.78 is 37.7. The maximum atomic E-state index is 12.6. The van der Waals surface area contributed by atoms with Gasteiger partial charge in [0.15, 0.2) is 0 Å². The molecule has 0 aliphatic rings. The molecule has 0 bridgehead atoms. The molecule has 20 heavy (non-hydrogen) atoms. The molecular weight excluding hydrogens is 277 g/mol. The lowest BCUT2D eigenvalue weighted by Gasteiger charge is -2.18. The number of aliphatic hydroxyl groups is 1. The molecule has 8 heteroatoms. The average Bonchev–Trinajstić information content (AvgIpc) is 2.25. The monoisotopic (exact) mass is 292 g/mol. The number of carboxylic acid groups (broad SMARTS) is 1. The van der Waals surface area contributed by atoms with Crippen molar-refractivity contribution in [3.05, 3.63) is 23.4 Å². The van der Waals surface area contributed by atoms with Gasteiger partial charge < -0.3 is 15.5 Å². The van der Waals surface area contributed by atoms with Crippen molar-refractivity contribution in [3.8, 4) is 0 Å². The second-order valence-electron chi connectivity index (χ2n) is 4.53. The van der Waals surface area contributed by atoms with E-state index >= 15 is 0 Å². The van der Waals surface area contributed by atoms with Crippen molar-refractivity contribution in [1.29, 1.82) is 0 Å². The van der Waals surface area contributed by atoms with Gasteiger partial charge in [-0.25, -0.2) is 9.78 Å². The van der Waals surface area contributed by atoms with Gasteiger partial charge in [-0.3, -0.25) is 0 Å². The molecule has 0 saturated carbocycles. The molecule has 0 aliphatic heterocycles. The molecule has 3 N–H and O–H groups in total. The van der Waals surface area contributed by atoms with Gasteiger partial charge in [-0.1, -0.05) is 0 Å². The van der Waals surface area contributed by atoms with Crippen molar-refractivity contribution < 1.29 is 28.2 Å². The molecule has 0 spiro atoms. The van der Waals surface area contributed by atoms with Gasteiger partial charge in [-0.05, 0) is 32.4 Å². The molecule has 0 saturated heterocycles. The Morgan fingerprint density at radius 3 is 2.45 bits per heavy atom. The van der Waals surface area contributed by atoms with E-state index in [2.05, 4.69) is 10.3 Å². The van der Waals surface area contributed by atoms with Crippen LogP contribution in [0.25, 0.3) is 0 Å². The topological polar surface area (TPSA) is 82.5 Å². The first-order chi connectivity index (χ1) is 9.11. The Kier molecular flexibility index (Phi) is 4.93. The standard InChI is InChI=1S/C12H15F3N2O3/c1-6(5-7(2)18)16-10-8(11(19)20)3-4-9(17-10)12(13,14)15/h3-4,6-7,18H,5H2,1-2H3,(H,16,17)(H,19,20). The van der Waals surface area contributed by atoms with Crippen LogP contribution in [0, 0.1) is 0 Å². The van der Waals surface area contributed by atoms with Crippen molar-refractivity contribution in [2.45, 2.75) is 38.6 Å². The number of aromatic carboxylic acids is 1. The predicted molar refractivity (Wildman–Crippen MR) is 65.6 cm³/mol. The fourth-order valence-corrected chi connectivity index (χ4v) is 1.70. The fourth-order valence-electron chi connectivity index (χ4n) is 1.70. The molecule has 0 aliphatic carbocycles. The number of carbonyl (C=O) groups is 1. The zero-order valence-corrected chi connectivity index (χ0v) is 10.9. The van der Waals surface area contributed by atoms with Crippen LogP contribution in [0.1, 0.15) is 36.3 Å². The predicted octanol–water partition coefficient (Wildman–Crippen LogP) is 2.37. The Hall–Kier alpha value is -1.83. The van der Waals surface area contributed by atoms with E-state index in [1.165, 1.54) is 6.92 Å². The number of aliphatic hydroxyl groups excluding tert-OH is 1. The Labute approximate surface area is 113 Å². The fraction of sp³-hybridized carbons (Fsp3) is 0.500. The molecule has 0 fully saturated rings. The summed E-state index contributed by atoms with van der Waals surface area (Å²) >= 11 is 0. The van der Waals surface area contributed by atoms with Crippen LogP contribution < -0.4 is 5.32 Å². The minimum atomic E-state index is -4.65. The molecule has 1 rings (SSSR count). The third-order valence-corrected chi connectivity index (χ3v) is 2.49. The number of hydrogen-bond acceptors (Lipinski definition) is 4. The third-order valence-electron chi connectivity index (χ3n) is 2.49. The lowest BCUT2D eigenvalue weighted by atomic mass is 10.1. The number of nitrogens with zero attached hydrogens (tertiary/aromatic N) is 1. The van der Waals surface area contributed by atoms with Crippen LogP contribution >= 0.6 is 0 Å². The zero-order chi connectivity index (χ0) is 15.5. The normalized spacial score (nSPS) is 14.7. The summed E-state index contributed by atoms with van der Waals surface area (Å²) in [6.07, 6.45) is -5.07. The summed E-state index contributed by atoms with van der Waals surface area (Å²) in [6, 6.07) is 1.05. The van der Waals surface area contributed by atoms with Crippen molar-refractivity contribution in [3.63, 3.8) is 0 Å². The molecule has 1 heterocycles. The average molecular weight is 292 g/mol. The molecule has 0 aromatic carbocycles. The van der Waals surface area contributed by atoms with Gasteiger partial charge in [-0.2, -0.15) is 13.2 Å². The van der Waals surface area contributed by atoms with E-state index in [9.17, 15) is 23.1 Å². The van der Waals surface area contributed by atoms with E-state index in [0.29, 0.717) is 6.07 Å². The third kappa shape index (κ3) is 4.37. The second-order valence-corrected chi connectivity index (χ2v) is 4.53. The van der Waals surface area contributed by atoms with E-state index in [4.69, 9.17) is 5.11 Å². The maximum absolute atomic E-state index is 12.6. The van der Waals surface area contributed by atoms with Crippen molar-refractivity contribution in [2.24, 2.45) is 0 Å². The first kappa shape index (κ1) is 16.2. The van der Waals surface area contributed by atoms with Crippen LogP contribution in [-0.4, -0.2) is 33.3 Å². The number of aromatic nitrogens is 1. The molecular formula is C12H15F3N2O3. The summed E-state index contributed by atoms with van der Waals surface area (Å²) in [7, 11) is 0. The Morgan fingerprint density at radius 2 is 2.00 bits per heavy atom. The quantitative estimate of drug-likeness (QED) is 0.776. The van der Waals surface area contributed by atoms with E-state index < -0.39 is 30.0 Å². The number of halogens is 3. The number of alkyl halides is 3. The van der Waals surface area contributed by atoms with Crippen LogP contribution in [0.3, 0.4) is 0 Å². The minimum Gasteiger partial charge on any atom is -0.478 e. The largest absolute Gasteiger partial charge is 0.478 e. The van der Waals surface area contributed by atoms with Gasteiger partial charge >= 0.3 is 12.1 Å². The van der Waals surface area contributed by atoms with E-state index in [1.807, 2.05) is 0 Å². The highest BCUT2D eigenvalue weighted by molar-refractivity contribution is 5.93. The number of rotatable bonds is 5. The van der Waals surface area contributed by atoms with Crippen molar-refractivity contribution >= 4 is 11.8 Å². The van der Waals surface area contributed by atoms with Gasteiger partial charge in [0.1, 0.15) is 17.1 Å². The number of nitrogens with one attached hydrogen (secondary N) is 1. The lowest BCUT2D eigenvalue weighted by molar-refractivity contribution is -0.141. The first-order valence-corrected chi connectivity index (χ1v) is 5.87. The van der Waals surface area contributed by atoms with Crippen LogP contribution in [-0.2, 0) is 6.18 Å². The smallest absolute Gasteiger partial charge is 0.433 e. The highest BCUT2D eigenvalue weighted by Gasteiger charge is 2.33. The van der Waals surface area contributed by atoms with Crippen molar-refractivity contribution in [1.82, 2.24) is 4.98 Å². The lowest BCUT2D eigenvalue weighted by Crippen LogP contribution is -2.23.